The summed E-state index contributed by atoms with van der Waals surface area (Å²) in [6, 6.07) is 5.13. The van der Waals surface area contributed by atoms with E-state index in [0.717, 1.165) is 4.47 Å². The predicted octanol–water partition coefficient (Wildman–Crippen LogP) is 2.25. The Morgan fingerprint density at radius 3 is 2.94 bits per heavy atom. The Balaban J connectivity index is 2.87. The zero-order valence-electron chi connectivity index (χ0n) is 9.24. The van der Waals surface area contributed by atoms with E-state index in [2.05, 4.69) is 26.0 Å². The van der Waals surface area contributed by atoms with Gasteiger partial charge in [-0.25, -0.2) is 4.79 Å². The predicted molar refractivity (Wildman–Crippen MR) is 70.7 cm³/mol. The number of rotatable bonds is 5. The van der Waals surface area contributed by atoms with Crippen LogP contribution in [0.4, 0.5) is 5.69 Å². The SMILES string of the molecule is COC(=O)c1ccc(Br)cc1NCC(O)CCl. The minimum absolute atomic E-state index is 0.133. The minimum Gasteiger partial charge on any atom is -0.465 e. The van der Waals surface area contributed by atoms with E-state index in [-0.39, 0.29) is 12.4 Å². The zero-order chi connectivity index (χ0) is 12.8. The van der Waals surface area contributed by atoms with Crippen LogP contribution in [0, 0.1) is 0 Å². The van der Waals surface area contributed by atoms with Gasteiger partial charge in [0, 0.05) is 16.7 Å². The molecule has 6 heteroatoms. The second-order valence-electron chi connectivity index (χ2n) is 3.37. The van der Waals surface area contributed by atoms with Gasteiger partial charge in [0.25, 0.3) is 0 Å². The fourth-order valence-corrected chi connectivity index (χ4v) is 1.70. The lowest BCUT2D eigenvalue weighted by atomic mass is 10.1. The topological polar surface area (TPSA) is 58.6 Å². The zero-order valence-corrected chi connectivity index (χ0v) is 11.6. The number of halogens is 2. The third-order valence-corrected chi connectivity index (χ3v) is 2.94. The number of aliphatic hydroxyl groups is 1. The van der Waals surface area contributed by atoms with Crippen LogP contribution in [0.1, 0.15) is 10.4 Å². The number of esters is 1. The van der Waals surface area contributed by atoms with Gasteiger partial charge in [-0.1, -0.05) is 15.9 Å². The van der Waals surface area contributed by atoms with E-state index in [0.29, 0.717) is 11.3 Å². The van der Waals surface area contributed by atoms with Crippen LogP contribution in [-0.2, 0) is 4.74 Å². The van der Waals surface area contributed by atoms with E-state index in [1.807, 2.05) is 0 Å². The summed E-state index contributed by atoms with van der Waals surface area (Å²) in [4.78, 5) is 11.5. The van der Waals surface area contributed by atoms with E-state index in [1.165, 1.54) is 7.11 Å². The summed E-state index contributed by atoms with van der Waals surface area (Å²) < 4.78 is 5.49. The van der Waals surface area contributed by atoms with E-state index >= 15 is 0 Å². The maximum atomic E-state index is 11.5. The molecule has 0 amide bonds. The molecule has 0 aliphatic rings. The lowest BCUT2D eigenvalue weighted by Crippen LogP contribution is -2.22. The van der Waals surface area contributed by atoms with Crippen molar-refractivity contribution >= 4 is 39.2 Å². The van der Waals surface area contributed by atoms with Gasteiger partial charge in [0.05, 0.1) is 24.7 Å². The maximum absolute atomic E-state index is 11.5. The first kappa shape index (κ1) is 14.3. The molecule has 1 rings (SSSR count). The van der Waals surface area contributed by atoms with Gasteiger partial charge in [-0.15, -0.1) is 11.6 Å². The Bertz CT molecular complexity index is 400. The van der Waals surface area contributed by atoms with Crippen molar-refractivity contribution in [2.45, 2.75) is 6.10 Å². The van der Waals surface area contributed by atoms with Crippen LogP contribution in [0.3, 0.4) is 0 Å². The van der Waals surface area contributed by atoms with Crippen LogP contribution >= 0.6 is 27.5 Å². The van der Waals surface area contributed by atoms with Crippen LogP contribution < -0.4 is 5.32 Å². The molecule has 1 aromatic carbocycles. The van der Waals surface area contributed by atoms with Crippen molar-refractivity contribution in [2.75, 3.05) is 24.9 Å². The standard InChI is InChI=1S/C11H13BrClNO3/c1-17-11(16)9-3-2-7(12)4-10(9)14-6-8(15)5-13/h2-4,8,14-15H,5-6H2,1H3. The highest BCUT2D eigenvalue weighted by molar-refractivity contribution is 9.10. The monoisotopic (exact) mass is 321 g/mol. The van der Waals surface area contributed by atoms with Crippen LogP contribution in [0.15, 0.2) is 22.7 Å². The van der Waals surface area contributed by atoms with Gasteiger partial charge in [0.2, 0.25) is 0 Å². The number of hydrogen-bond acceptors (Lipinski definition) is 4. The smallest absolute Gasteiger partial charge is 0.339 e. The van der Waals surface area contributed by atoms with Crippen molar-refractivity contribution < 1.29 is 14.6 Å². The number of benzene rings is 1. The number of ether oxygens (including phenoxy) is 1. The minimum atomic E-state index is -0.666. The highest BCUT2D eigenvalue weighted by atomic mass is 79.9. The summed E-state index contributed by atoms with van der Waals surface area (Å²) in [5.41, 5.74) is 1.01. The average Bonchev–Trinajstić information content (AvgIpc) is 2.35. The number of carbonyl (C=O) groups excluding carboxylic acids is 1. The molecule has 0 saturated carbocycles. The number of methoxy groups -OCH3 is 1. The summed E-state index contributed by atoms with van der Waals surface area (Å²) in [6.45, 7) is 0.268. The van der Waals surface area contributed by atoms with Gasteiger partial charge in [0.1, 0.15) is 0 Å². The molecule has 0 heterocycles. The van der Waals surface area contributed by atoms with Gasteiger partial charge in [-0.3, -0.25) is 0 Å². The van der Waals surface area contributed by atoms with Crippen LogP contribution in [0.2, 0.25) is 0 Å². The molecule has 1 aromatic rings. The van der Waals surface area contributed by atoms with Gasteiger partial charge in [0.15, 0.2) is 0 Å². The molecule has 0 aromatic heterocycles. The van der Waals surface area contributed by atoms with Crippen molar-refractivity contribution in [3.05, 3.63) is 28.2 Å². The summed E-state index contributed by atoms with van der Waals surface area (Å²) in [7, 11) is 1.32. The number of aliphatic hydroxyl groups excluding tert-OH is 1. The Kier molecular flexibility index (Phi) is 5.74. The summed E-state index contributed by atoms with van der Waals surface area (Å²) in [6.07, 6.45) is -0.666. The average molecular weight is 323 g/mol. The lowest BCUT2D eigenvalue weighted by molar-refractivity contribution is 0.0601. The maximum Gasteiger partial charge on any atom is 0.339 e. The molecule has 17 heavy (non-hydrogen) atoms. The van der Waals surface area contributed by atoms with Gasteiger partial charge in [-0.2, -0.15) is 0 Å². The fourth-order valence-electron chi connectivity index (χ4n) is 1.23. The van der Waals surface area contributed by atoms with Crippen LogP contribution in [0.5, 0.6) is 0 Å². The molecule has 0 spiro atoms. The van der Waals surface area contributed by atoms with Gasteiger partial charge < -0.3 is 15.2 Å². The molecule has 2 N–H and O–H groups in total. The highest BCUT2D eigenvalue weighted by Gasteiger charge is 2.12. The lowest BCUT2D eigenvalue weighted by Gasteiger charge is -2.13. The van der Waals surface area contributed by atoms with E-state index in [1.54, 1.807) is 18.2 Å². The molecule has 1 atom stereocenters. The third kappa shape index (κ3) is 4.18. The fraction of sp³-hybridized carbons (Fsp3) is 0.364. The Morgan fingerprint density at radius 1 is 1.65 bits per heavy atom. The Morgan fingerprint density at radius 2 is 2.35 bits per heavy atom. The van der Waals surface area contributed by atoms with E-state index in [9.17, 15) is 9.90 Å². The number of anilines is 1. The van der Waals surface area contributed by atoms with Crippen molar-refractivity contribution in [3.8, 4) is 0 Å². The second kappa shape index (κ2) is 6.83. The molecule has 94 valence electrons. The van der Waals surface area contributed by atoms with Crippen molar-refractivity contribution in [1.29, 1.82) is 0 Å². The van der Waals surface area contributed by atoms with Crippen LogP contribution in [0.25, 0.3) is 0 Å². The normalized spacial score (nSPS) is 12.0. The second-order valence-corrected chi connectivity index (χ2v) is 4.59. The summed E-state index contributed by atoms with van der Waals surface area (Å²) >= 11 is 8.80. The number of hydrogen-bond donors (Lipinski definition) is 2. The number of alkyl halides is 1. The Labute approximate surface area is 113 Å². The molecule has 0 fully saturated rings. The molecule has 0 aliphatic carbocycles. The van der Waals surface area contributed by atoms with Gasteiger partial charge >= 0.3 is 5.97 Å². The van der Waals surface area contributed by atoms with Crippen molar-refractivity contribution in [3.63, 3.8) is 0 Å². The molecule has 0 saturated heterocycles. The molecule has 0 bridgehead atoms. The van der Waals surface area contributed by atoms with E-state index < -0.39 is 12.1 Å². The molecular formula is C11H13BrClNO3. The highest BCUT2D eigenvalue weighted by Crippen LogP contribution is 2.22. The number of carbonyl (C=O) groups is 1. The van der Waals surface area contributed by atoms with Gasteiger partial charge in [-0.05, 0) is 18.2 Å². The first-order valence-electron chi connectivity index (χ1n) is 4.94. The third-order valence-electron chi connectivity index (χ3n) is 2.09. The Hall–Kier alpha value is -0.780. The number of nitrogens with one attached hydrogen (secondary N) is 1. The molecular weight excluding hydrogens is 309 g/mol. The molecule has 4 nitrogen and oxygen atoms in total. The largest absolute Gasteiger partial charge is 0.465 e. The van der Waals surface area contributed by atoms with Crippen LogP contribution in [-0.4, -0.2) is 36.7 Å². The van der Waals surface area contributed by atoms with E-state index in [4.69, 9.17) is 11.6 Å². The van der Waals surface area contributed by atoms with Crippen molar-refractivity contribution in [1.82, 2.24) is 0 Å². The summed E-state index contributed by atoms with van der Waals surface area (Å²) in [5.74, 6) is -0.297. The molecule has 1 unspecified atom stereocenters. The van der Waals surface area contributed by atoms with Crippen molar-refractivity contribution in [2.24, 2.45) is 0 Å². The quantitative estimate of drug-likeness (QED) is 0.645. The first-order valence-corrected chi connectivity index (χ1v) is 6.27. The first-order chi connectivity index (χ1) is 8.08. The molecule has 0 radical (unpaired) electrons. The molecule has 0 aliphatic heterocycles. The summed E-state index contributed by atoms with van der Waals surface area (Å²) in [5, 5.41) is 12.3.